The molecule has 1 N–H and O–H groups in total. The number of halogens is 2. The van der Waals surface area contributed by atoms with Crippen LogP contribution in [0.4, 0.5) is 10.1 Å². The van der Waals surface area contributed by atoms with E-state index in [0.29, 0.717) is 13.1 Å². The Kier molecular flexibility index (Phi) is 6.06. The van der Waals surface area contributed by atoms with Crippen molar-refractivity contribution in [2.75, 3.05) is 33.3 Å². The van der Waals surface area contributed by atoms with Crippen LogP contribution < -0.4 is 10.1 Å². The van der Waals surface area contributed by atoms with Crippen LogP contribution in [0, 0.1) is 15.9 Å². The molecule has 0 aromatic heterocycles. The van der Waals surface area contributed by atoms with Crippen molar-refractivity contribution in [3.05, 3.63) is 28.1 Å². The summed E-state index contributed by atoms with van der Waals surface area (Å²) < 4.78 is 44.4. The molecule has 1 aromatic carbocycles. The SMILES string of the molecule is COc1c(F)cc(S(=O)(=O)N2CCNCC2)cc1[N+](=O)[O-].Cl. The zero-order valence-corrected chi connectivity index (χ0v) is 13.2. The molecule has 1 aliphatic heterocycles. The Bertz CT molecular complexity index is 664. The molecule has 1 aromatic rings. The number of nitrogens with zero attached hydrogens (tertiary/aromatic N) is 2. The molecule has 0 radical (unpaired) electrons. The highest BCUT2D eigenvalue weighted by Gasteiger charge is 2.30. The normalized spacial score (nSPS) is 15.9. The molecule has 2 rings (SSSR count). The van der Waals surface area contributed by atoms with E-state index in [-0.39, 0.29) is 25.5 Å². The van der Waals surface area contributed by atoms with Crippen LogP contribution >= 0.6 is 12.4 Å². The quantitative estimate of drug-likeness (QED) is 0.632. The standard InChI is InChI=1S/C11H14FN3O5S.ClH/c1-20-11-9(12)6-8(7-10(11)15(16)17)21(18,19)14-4-2-13-3-5-14;/h6-7,13H,2-5H2,1H3;1H. The Morgan fingerprint density at radius 1 is 1.36 bits per heavy atom. The molecule has 0 bridgehead atoms. The number of benzene rings is 1. The molecule has 0 amide bonds. The average molecular weight is 356 g/mol. The molecule has 124 valence electrons. The van der Waals surface area contributed by atoms with Crippen molar-refractivity contribution in [1.29, 1.82) is 0 Å². The van der Waals surface area contributed by atoms with E-state index in [0.717, 1.165) is 23.5 Å². The summed E-state index contributed by atoms with van der Waals surface area (Å²) in [5.74, 6) is -1.67. The Hall–Kier alpha value is -1.49. The molecule has 11 heteroatoms. The number of rotatable bonds is 4. The summed E-state index contributed by atoms with van der Waals surface area (Å²) in [5.41, 5.74) is -0.716. The van der Waals surface area contributed by atoms with E-state index < -0.39 is 37.1 Å². The van der Waals surface area contributed by atoms with Crippen LogP contribution in [-0.4, -0.2) is 50.9 Å². The van der Waals surface area contributed by atoms with Gasteiger partial charge in [-0.15, -0.1) is 12.4 Å². The molecular formula is C11H15ClFN3O5S. The highest BCUT2D eigenvalue weighted by molar-refractivity contribution is 7.89. The Labute approximate surface area is 132 Å². The maximum atomic E-state index is 13.8. The molecule has 1 heterocycles. The first-order valence-corrected chi connectivity index (χ1v) is 7.54. The summed E-state index contributed by atoms with van der Waals surface area (Å²) in [5, 5.41) is 13.9. The number of sulfonamides is 1. The Morgan fingerprint density at radius 2 is 1.95 bits per heavy atom. The average Bonchev–Trinajstić information content (AvgIpc) is 2.47. The van der Waals surface area contributed by atoms with Gasteiger partial charge in [-0.25, -0.2) is 12.8 Å². The second kappa shape index (κ2) is 7.18. The van der Waals surface area contributed by atoms with Crippen LogP contribution in [-0.2, 0) is 10.0 Å². The van der Waals surface area contributed by atoms with Crippen molar-refractivity contribution < 1.29 is 22.5 Å². The van der Waals surface area contributed by atoms with Crippen LogP contribution in [0.15, 0.2) is 17.0 Å². The van der Waals surface area contributed by atoms with Gasteiger partial charge < -0.3 is 10.1 Å². The number of hydrogen-bond acceptors (Lipinski definition) is 6. The number of nitro benzene ring substituents is 1. The van der Waals surface area contributed by atoms with Gasteiger partial charge in [-0.1, -0.05) is 0 Å². The molecule has 22 heavy (non-hydrogen) atoms. The lowest BCUT2D eigenvalue weighted by Crippen LogP contribution is -2.46. The topological polar surface area (TPSA) is 102 Å². The van der Waals surface area contributed by atoms with Gasteiger partial charge in [0, 0.05) is 32.2 Å². The van der Waals surface area contributed by atoms with Crippen LogP contribution in [0.3, 0.4) is 0 Å². The third-order valence-electron chi connectivity index (χ3n) is 3.11. The fraction of sp³-hybridized carbons (Fsp3) is 0.455. The van der Waals surface area contributed by atoms with E-state index >= 15 is 0 Å². The van der Waals surface area contributed by atoms with Crippen molar-refractivity contribution in [1.82, 2.24) is 9.62 Å². The van der Waals surface area contributed by atoms with Gasteiger partial charge in [0.1, 0.15) is 0 Å². The van der Waals surface area contributed by atoms with Gasteiger partial charge in [0.25, 0.3) is 0 Å². The fourth-order valence-electron chi connectivity index (χ4n) is 2.08. The van der Waals surface area contributed by atoms with E-state index in [2.05, 4.69) is 10.1 Å². The smallest absolute Gasteiger partial charge is 0.315 e. The minimum absolute atomic E-state index is 0. The minimum atomic E-state index is -3.97. The van der Waals surface area contributed by atoms with Gasteiger partial charge in [-0.2, -0.15) is 4.31 Å². The van der Waals surface area contributed by atoms with Crippen LogP contribution in [0.2, 0.25) is 0 Å². The van der Waals surface area contributed by atoms with E-state index in [1.165, 1.54) is 0 Å². The molecule has 1 fully saturated rings. The van der Waals surface area contributed by atoms with Crippen LogP contribution in [0.5, 0.6) is 5.75 Å². The lowest BCUT2D eigenvalue weighted by atomic mass is 10.3. The van der Waals surface area contributed by atoms with E-state index in [9.17, 15) is 22.9 Å². The number of ether oxygens (including phenoxy) is 1. The van der Waals surface area contributed by atoms with Crippen molar-refractivity contribution in [2.45, 2.75) is 4.90 Å². The van der Waals surface area contributed by atoms with E-state index in [1.54, 1.807) is 0 Å². The molecule has 0 unspecified atom stereocenters. The second-order valence-corrected chi connectivity index (χ2v) is 6.31. The predicted molar refractivity (Wildman–Crippen MR) is 78.5 cm³/mol. The van der Waals surface area contributed by atoms with E-state index in [4.69, 9.17) is 0 Å². The van der Waals surface area contributed by atoms with Crippen molar-refractivity contribution >= 4 is 28.1 Å². The number of hydrogen-bond donors (Lipinski definition) is 1. The second-order valence-electron chi connectivity index (χ2n) is 4.37. The molecule has 8 nitrogen and oxygen atoms in total. The number of methoxy groups -OCH3 is 1. The zero-order valence-electron chi connectivity index (χ0n) is 11.6. The lowest BCUT2D eigenvalue weighted by Gasteiger charge is -2.26. The van der Waals surface area contributed by atoms with Gasteiger partial charge in [-0.3, -0.25) is 10.1 Å². The maximum Gasteiger partial charge on any atom is 0.315 e. The zero-order chi connectivity index (χ0) is 15.6. The largest absolute Gasteiger partial charge is 0.488 e. The Morgan fingerprint density at radius 3 is 2.45 bits per heavy atom. The maximum absolute atomic E-state index is 13.8. The number of nitrogens with one attached hydrogen (secondary N) is 1. The fourth-order valence-corrected chi connectivity index (χ4v) is 3.55. The lowest BCUT2D eigenvalue weighted by molar-refractivity contribution is -0.386. The van der Waals surface area contributed by atoms with E-state index in [1.807, 2.05) is 0 Å². The predicted octanol–water partition coefficient (Wildman–Crippen LogP) is 0.758. The Balaban J connectivity index is 0.00000242. The molecule has 1 saturated heterocycles. The third-order valence-corrected chi connectivity index (χ3v) is 4.99. The summed E-state index contributed by atoms with van der Waals surface area (Å²) in [6, 6.07) is 1.56. The first kappa shape index (κ1) is 18.6. The number of nitro groups is 1. The first-order valence-electron chi connectivity index (χ1n) is 6.10. The first-order chi connectivity index (χ1) is 9.87. The molecule has 0 atom stereocenters. The minimum Gasteiger partial charge on any atom is -0.488 e. The summed E-state index contributed by atoms with van der Waals surface area (Å²) >= 11 is 0. The summed E-state index contributed by atoms with van der Waals surface area (Å²) in [4.78, 5) is 9.60. The monoisotopic (exact) mass is 355 g/mol. The van der Waals surface area contributed by atoms with Crippen LogP contribution in [0.25, 0.3) is 0 Å². The highest BCUT2D eigenvalue weighted by Crippen LogP contribution is 2.33. The van der Waals surface area contributed by atoms with Gasteiger partial charge in [0.15, 0.2) is 5.82 Å². The third kappa shape index (κ3) is 3.46. The molecule has 0 saturated carbocycles. The van der Waals surface area contributed by atoms with Gasteiger partial charge >= 0.3 is 5.69 Å². The number of piperazine rings is 1. The van der Waals surface area contributed by atoms with Crippen molar-refractivity contribution in [2.24, 2.45) is 0 Å². The van der Waals surface area contributed by atoms with Crippen molar-refractivity contribution in [3.63, 3.8) is 0 Å². The van der Waals surface area contributed by atoms with Gasteiger partial charge in [-0.05, 0) is 6.07 Å². The molecule has 1 aliphatic rings. The summed E-state index contributed by atoms with van der Waals surface area (Å²) in [7, 11) is -2.89. The summed E-state index contributed by atoms with van der Waals surface area (Å²) in [6.45, 7) is 1.40. The summed E-state index contributed by atoms with van der Waals surface area (Å²) in [6.07, 6.45) is 0. The van der Waals surface area contributed by atoms with Gasteiger partial charge in [0.2, 0.25) is 15.8 Å². The molecule has 0 aliphatic carbocycles. The van der Waals surface area contributed by atoms with Crippen LogP contribution in [0.1, 0.15) is 0 Å². The van der Waals surface area contributed by atoms with Gasteiger partial charge in [0.05, 0.1) is 16.9 Å². The van der Waals surface area contributed by atoms with Crippen molar-refractivity contribution in [3.8, 4) is 5.75 Å². The highest BCUT2D eigenvalue weighted by atomic mass is 35.5. The molecule has 0 spiro atoms. The molecular weight excluding hydrogens is 341 g/mol.